The molecule has 124 valence electrons. The molecule has 2 aromatic heterocycles. The largest absolute Gasteiger partial charge is 0.454 e. The first kappa shape index (κ1) is 15.1. The maximum Gasteiger partial charge on any atom is 0.251 e. The minimum atomic E-state index is -0.176. The number of aromatic nitrogens is 2. The van der Waals surface area contributed by atoms with Crippen LogP contribution in [0.5, 0.6) is 11.5 Å². The number of carbonyl (C=O) groups excluding carboxylic acids is 1. The van der Waals surface area contributed by atoms with E-state index in [0.717, 1.165) is 16.7 Å². The number of fused-ring (bicyclic) bond motifs is 1. The number of hydrogen-bond acceptors (Lipinski definition) is 5. The fraction of sp³-hybridized carbons (Fsp3) is 0.105. The van der Waals surface area contributed by atoms with Crippen molar-refractivity contribution in [1.82, 2.24) is 15.3 Å². The van der Waals surface area contributed by atoms with Crippen LogP contribution in [-0.2, 0) is 6.54 Å². The summed E-state index contributed by atoms with van der Waals surface area (Å²) in [6.07, 6.45) is 7.03. The van der Waals surface area contributed by atoms with Gasteiger partial charge in [0.25, 0.3) is 5.91 Å². The summed E-state index contributed by atoms with van der Waals surface area (Å²) in [7, 11) is 0. The highest BCUT2D eigenvalue weighted by Gasteiger charge is 2.16. The summed E-state index contributed by atoms with van der Waals surface area (Å²) in [4.78, 5) is 20.7. The fourth-order valence-electron chi connectivity index (χ4n) is 2.60. The molecule has 0 radical (unpaired) electrons. The van der Waals surface area contributed by atoms with Gasteiger partial charge in [0.05, 0.1) is 0 Å². The molecule has 1 aliphatic rings. The van der Waals surface area contributed by atoms with E-state index in [1.165, 1.54) is 0 Å². The van der Waals surface area contributed by atoms with E-state index in [9.17, 15) is 4.79 Å². The Morgan fingerprint density at radius 3 is 2.76 bits per heavy atom. The van der Waals surface area contributed by atoms with Gasteiger partial charge in [-0.25, -0.2) is 0 Å². The summed E-state index contributed by atoms with van der Waals surface area (Å²) in [6, 6.07) is 11.0. The molecule has 6 heteroatoms. The molecule has 3 heterocycles. The summed E-state index contributed by atoms with van der Waals surface area (Å²) in [5.74, 6) is 1.07. The van der Waals surface area contributed by atoms with E-state index in [1.54, 1.807) is 43.0 Å². The quantitative estimate of drug-likeness (QED) is 0.795. The summed E-state index contributed by atoms with van der Waals surface area (Å²) in [5, 5.41) is 2.89. The lowest BCUT2D eigenvalue weighted by Crippen LogP contribution is -2.22. The van der Waals surface area contributed by atoms with Crippen LogP contribution in [0.15, 0.2) is 61.2 Å². The van der Waals surface area contributed by atoms with Gasteiger partial charge in [-0.3, -0.25) is 14.8 Å². The van der Waals surface area contributed by atoms with E-state index in [2.05, 4.69) is 15.3 Å². The Kier molecular flexibility index (Phi) is 4.00. The van der Waals surface area contributed by atoms with E-state index >= 15 is 0 Å². The van der Waals surface area contributed by atoms with Gasteiger partial charge in [-0.1, -0.05) is 6.07 Å². The molecule has 0 fully saturated rings. The van der Waals surface area contributed by atoms with Crippen molar-refractivity contribution in [3.8, 4) is 22.6 Å². The minimum Gasteiger partial charge on any atom is -0.454 e. The summed E-state index contributed by atoms with van der Waals surface area (Å²) >= 11 is 0. The van der Waals surface area contributed by atoms with Crippen LogP contribution >= 0.6 is 0 Å². The first-order chi connectivity index (χ1) is 12.3. The average molecular weight is 333 g/mol. The number of pyridine rings is 2. The number of amides is 1. The first-order valence-corrected chi connectivity index (χ1v) is 7.82. The highest BCUT2D eigenvalue weighted by molar-refractivity contribution is 5.94. The SMILES string of the molecule is O=C(NCc1cncc(-c2cccnc2)c1)c1ccc2c(c1)OCO2. The van der Waals surface area contributed by atoms with Crippen molar-refractivity contribution >= 4 is 5.91 Å². The van der Waals surface area contributed by atoms with Crippen LogP contribution in [0.25, 0.3) is 11.1 Å². The third-order valence-electron chi connectivity index (χ3n) is 3.88. The number of benzene rings is 1. The lowest BCUT2D eigenvalue weighted by Gasteiger charge is -2.07. The number of carbonyl (C=O) groups is 1. The zero-order valence-corrected chi connectivity index (χ0v) is 13.3. The highest BCUT2D eigenvalue weighted by Crippen LogP contribution is 2.32. The number of hydrogen-bond donors (Lipinski definition) is 1. The van der Waals surface area contributed by atoms with Gasteiger partial charge >= 0.3 is 0 Å². The molecule has 0 atom stereocenters. The molecule has 0 saturated carbocycles. The van der Waals surface area contributed by atoms with E-state index in [0.29, 0.717) is 23.6 Å². The third-order valence-corrected chi connectivity index (χ3v) is 3.88. The number of nitrogens with one attached hydrogen (secondary N) is 1. The molecular weight excluding hydrogens is 318 g/mol. The van der Waals surface area contributed by atoms with Gasteiger partial charge in [0.1, 0.15) is 0 Å². The van der Waals surface area contributed by atoms with Gasteiger partial charge in [0, 0.05) is 48.0 Å². The Hall–Kier alpha value is -3.41. The lowest BCUT2D eigenvalue weighted by molar-refractivity contribution is 0.0950. The van der Waals surface area contributed by atoms with Crippen LogP contribution < -0.4 is 14.8 Å². The van der Waals surface area contributed by atoms with Crippen molar-refractivity contribution in [2.75, 3.05) is 6.79 Å². The predicted octanol–water partition coefficient (Wildman–Crippen LogP) is 2.80. The normalized spacial score (nSPS) is 12.0. The monoisotopic (exact) mass is 333 g/mol. The van der Waals surface area contributed by atoms with Crippen molar-refractivity contribution in [3.63, 3.8) is 0 Å². The van der Waals surface area contributed by atoms with Crippen LogP contribution in [0.4, 0.5) is 0 Å². The number of ether oxygens (including phenoxy) is 2. The third kappa shape index (κ3) is 3.28. The summed E-state index contributed by atoms with van der Waals surface area (Å²) < 4.78 is 10.5. The van der Waals surface area contributed by atoms with Crippen molar-refractivity contribution in [2.24, 2.45) is 0 Å². The van der Waals surface area contributed by atoms with Gasteiger partial charge in [0.2, 0.25) is 6.79 Å². The maximum absolute atomic E-state index is 12.3. The lowest BCUT2D eigenvalue weighted by atomic mass is 10.1. The summed E-state index contributed by atoms with van der Waals surface area (Å²) in [5.41, 5.74) is 3.39. The van der Waals surface area contributed by atoms with E-state index in [4.69, 9.17) is 9.47 Å². The molecule has 0 saturated heterocycles. The van der Waals surface area contributed by atoms with E-state index in [1.807, 2.05) is 18.2 Å². The second-order valence-corrected chi connectivity index (χ2v) is 5.57. The second kappa shape index (κ2) is 6.60. The van der Waals surface area contributed by atoms with Crippen molar-refractivity contribution in [1.29, 1.82) is 0 Å². The molecular formula is C19H15N3O3. The molecule has 6 nitrogen and oxygen atoms in total. The first-order valence-electron chi connectivity index (χ1n) is 7.82. The molecule has 0 aliphatic carbocycles. The average Bonchev–Trinajstić information content (AvgIpc) is 3.15. The second-order valence-electron chi connectivity index (χ2n) is 5.57. The van der Waals surface area contributed by atoms with Crippen LogP contribution in [0, 0.1) is 0 Å². The minimum absolute atomic E-state index is 0.176. The standard InChI is InChI=1S/C19H15N3O3/c23-19(14-3-4-17-18(7-14)25-12-24-17)22-9-13-6-16(11-21-8-13)15-2-1-5-20-10-15/h1-8,10-11H,9,12H2,(H,22,23). The molecule has 0 spiro atoms. The molecule has 4 rings (SSSR count). The molecule has 3 aromatic rings. The van der Waals surface area contributed by atoms with Crippen LogP contribution in [0.1, 0.15) is 15.9 Å². The zero-order chi connectivity index (χ0) is 17.1. The molecule has 1 N–H and O–H groups in total. The molecule has 1 amide bonds. The smallest absolute Gasteiger partial charge is 0.251 e. The van der Waals surface area contributed by atoms with Crippen molar-refractivity contribution in [2.45, 2.75) is 6.54 Å². The number of rotatable bonds is 4. The Morgan fingerprint density at radius 1 is 1.00 bits per heavy atom. The molecule has 0 bridgehead atoms. The van der Waals surface area contributed by atoms with Crippen molar-refractivity contribution < 1.29 is 14.3 Å². The van der Waals surface area contributed by atoms with Crippen LogP contribution in [0.3, 0.4) is 0 Å². The highest BCUT2D eigenvalue weighted by atomic mass is 16.7. The van der Waals surface area contributed by atoms with E-state index in [-0.39, 0.29) is 12.7 Å². The molecule has 25 heavy (non-hydrogen) atoms. The molecule has 0 unspecified atom stereocenters. The van der Waals surface area contributed by atoms with Gasteiger partial charge in [-0.05, 0) is 35.9 Å². The zero-order valence-electron chi connectivity index (χ0n) is 13.3. The van der Waals surface area contributed by atoms with Crippen LogP contribution in [-0.4, -0.2) is 22.7 Å². The Balaban J connectivity index is 1.45. The van der Waals surface area contributed by atoms with Gasteiger partial charge in [-0.2, -0.15) is 0 Å². The fourth-order valence-corrected chi connectivity index (χ4v) is 2.60. The van der Waals surface area contributed by atoms with Gasteiger partial charge < -0.3 is 14.8 Å². The van der Waals surface area contributed by atoms with Gasteiger partial charge in [0.15, 0.2) is 11.5 Å². The Labute approximate surface area is 144 Å². The maximum atomic E-state index is 12.3. The molecule has 1 aliphatic heterocycles. The molecule has 1 aromatic carbocycles. The Bertz CT molecular complexity index is 913. The Morgan fingerprint density at radius 2 is 1.88 bits per heavy atom. The van der Waals surface area contributed by atoms with Gasteiger partial charge in [-0.15, -0.1) is 0 Å². The predicted molar refractivity (Wildman–Crippen MR) is 91.2 cm³/mol. The van der Waals surface area contributed by atoms with Crippen molar-refractivity contribution in [3.05, 3.63) is 72.3 Å². The van der Waals surface area contributed by atoms with E-state index < -0.39 is 0 Å². The summed E-state index contributed by atoms with van der Waals surface area (Å²) in [6.45, 7) is 0.571. The van der Waals surface area contributed by atoms with Crippen LogP contribution in [0.2, 0.25) is 0 Å². The number of nitrogens with zero attached hydrogens (tertiary/aromatic N) is 2. The topological polar surface area (TPSA) is 73.3 Å².